The number of carbonyl (C=O) groups excluding carboxylic acids is 1. The van der Waals surface area contributed by atoms with Gasteiger partial charge in [0.25, 0.3) is 0 Å². The number of hydrogen-bond donors (Lipinski definition) is 0. The molecule has 1 aliphatic heterocycles. The molecule has 7 nitrogen and oxygen atoms in total. The number of hydrogen-bond acceptors (Lipinski definition) is 7. The van der Waals surface area contributed by atoms with Crippen LogP contribution in [0, 0.1) is 0 Å². The van der Waals surface area contributed by atoms with Crippen molar-refractivity contribution in [1.29, 1.82) is 0 Å². The van der Waals surface area contributed by atoms with Crippen LogP contribution in [0.3, 0.4) is 0 Å². The summed E-state index contributed by atoms with van der Waals surface area (Å²) < 4.78 is 15.7. The van der Waals surface area contributed by atoms with Crippen LogP contribution in [0.25, 0.3) is 0 Å². The number of thioether (sulfide) groups is 1. The highest BCUT2D eigenvalue weighted by molar-refractivity contribution is 8.15. The molecular formula is C21H23N3O4S. The van der Waals surface area contributed by atoms with Gasteiger partial charge in [-0.25, -0.2) is 0 Å². The Bertz CT molecular complexity index is 928. The maximum absolute atomic E-state index is 12.5. The number of amides is 1. The van der Waals surface area contributed by atoms with Gasteiger partial charge in [0.05, 0.1) is 39.3 Å². The molecule has 2 aromatic carbocycles. The SMILES string of the molecule is COc1ccc(CN2C(=O)[C@H](C)S/C2=N/N=C\c2ccc(OC)c(OC)c2)cc1. The summed E-state index contributed by atoms with van der Waals surface area (Å²) >= 11 is 1.40. The van der Waals surface area contributed by atoms with E-state index in [0.717, 1.165) is 16.9 Å². The van der Waals surface area contributed by atoms with Crippen molar-refractivity contribution in [3.8, 4) is 17.2 Å². The van der Waals surface area contributed by atoms with E-state index in [-0.39, 0.29) is 11.2 Å². The van der Waals surface area contributed by atoms with Crippen LogP contribution < -0.4 is 14.2 Å². The minimum atomic E-state index is -0.191. The van der Waals surface area contributed by atoms with Gasteiger partial charge in [-0.05, 0) is 48.4 Å². The molecule has 152 valence electrons. The first-order valence-corrected chi connectivity index (χ1v) is 9.87. The Balaban J connectivity index is 1.77. The standard InChI is InChI=1S/C21H23N3O4S/c1-14-20(25)24(13-15-5-8-17(26-2)9-6-15)21(29-14)23-22-12-16-7-10-18(27-3)19(11-16)28-4/h5-12,14H,13H2,1-4H3/b22-12-,23-21+/t14-/m0/s1. The second-order valence-corrected chi connectivity index (χ2v) is 7.58. The first-order chi connectivity index (χ1) is 14.0. The molecule has 0 aromatic heterocycles. The van der Waals surface area contributed by atoms with Crippen LogP contribution in [-0.2, 0) is 11.3 Å². The molecule has 29 heavy (non-hydrogen) atoms. The van der Waals surface area contributed by atoms with Crippen LogP contribution in [-0.4, -0.2) is 48.8 Å². The van der Waals surface area contributed by atoms with Crippen molar-refractivity contribution in [2.45, 2.75) is 18.7 Å². The van der Waals surface area contributed by atoms with E-state index in [2.05, 4.69) is 10.2 Å². The molecule has 1 atom stereocenters. The molecule has 1 aliphatic rings. The largest absolute Gasteiger partial charge is 0.497 e. The second-order valence-electron chi connectivity index (χ2n) is 6.27. The summed E-state index contributed by atoms with van der Waals surface area (Å²) in [6, 6.07) is 13.1. The van der Waals surface area contributed by atoms with Crippen molar-refractivity contribution in [3.05, 3.63) is 53.6 Å². The lowest BCUT2D eigenvalue weighted by Gasteiger charge is -2.15. The van der Waals surface area contributed by atoms with E-state index >= 15 is 0 Å². The van der Waals surface area contributed by atoms with Gasteiger partial charge in [-0.3, -0.25) is 9.69 Å². The third-order valence-electron chi connectivity index (χ3n) is 4.38. The fourth-order valence-corrected chi connectivity index (χ4v) is 3.72. The first kappa shape index (κ1) is 20.7. The monoisotopic (exact) mass is 413 g/mol. The van der Waals surface area contributed by atoms with Crippen LogP contribution in [0.15, 0.2) is 52.7 Å². The van der Waals surface area contributed by atoms with Gasteiger partial charge >= 0.3 is 0 Å². The zero-order valence-electron chi connectivity index (χ0n) is 16.8. The van der Waals surface area contributed by atoms with Crippen LogP contribution in [0.1, 0.15) is 18.1 Å². The van der Waals surface area contributed by atoms with Crippen molar-refractivity contribution in [2.75, 3.05) is 21.3 Å². The lowest BCUT2D eigenvalue weighted by molar-refractivity contribution is -0.126. The quantitative estimate of drug-likeness (QED) is 0.513. The maximum atomic E-state index is 12.5. The molecule has 0 radical (unpaired) electrons. The van der Waals surface area contributed by atoms with Crippen molar-refractivity contribution in [2.24, 2.45) is 10.2 Å². The van der Waals surface area contributed by atoms with Crippen LogP contribution >= 0.6 is 11.8 Å². The predicted octanol–water partition coefficient (Wildman–Crippen LogP) is 3.57. The van der Waals surface area contributed by atoms with Crippen LogP contribution in [0.5, 0.6) is 17.2 Å². The van der Waals surface area contributed by atoms with Crippen LogP contribution in [0.4, 0.5) is 0 Å². The number of nitrogens with zero attached hydrogens (tertiary/aromatic N) is 3. The molecule has 1 amide bonds. The Labute approximate surface area is 174 Å². The van der Waals surface area contributed by atoms with Crippen molar-refractivity contribution < 1.29 is 19.0 Å². The number of amidine groups is 1. The van der Waals surface area contributed by atoms with Gasteiger partial charge in [-0.1, -0.05) is 23.9 Å². The molecule has 1 heterocycles. The lowest BCUT2D eigenvalue weighted by atomic mass is 10.2. The van der Waals surface area contributed by atoms with E-state index in [1.165, 1.54) is 11.8 Å². The van der Waals surface area contributed by atoms with Gasteiger partial charge in [-0.2, -0.15) is 5.10 Å². The maximum Gasteiger partial charge on any atom is 0.242 e. The van der Waals surface area contributed by atoms with E-state index in [9.17, 15) is 4.79 Å². The zero-order chi connectivity index (χ0) is 20.8. The van der Waals surface area contributed by atoms with Crippen molar-refractivity contribution >= 4 is 29.1 Å². The van der Waals surface area contributed by atoms with Crippen LogP contribution in [0.2, 0.25) is 0 Å². The second kappa shape index (κ2) is 9.47. The summed E-state index contributed by atoms with van der Waals surface area (Å²) in [5.41, 5.74) is 1.81. The number of rotatable bonds is 7. The fourth-order valence-electron chi connectivity index (χ4n) is 2.80. The summed E-state index contributed by atoms with van der Waals surface area (Å²) in [5, 5.41) is 8.85. The summed E-state index contributed by atoms with van der Waals surface area (Å²) in [6.45, 7) is 2.31. The molecule has 0 spiro atoms. The number of benzene rings is 2. The number of ether oxygens (including phenoxy) is 3. The van der Waals surface area contributed by atoms with Gasteiger partial charge in [0.2, 0.25) is 5.91 Å². The predicted molar refractivity (Wildman–Crippen MR) is 115 cm³/mol. The van der Waals surface area contributed by atoms with E-state index in [4.69, 9.17) is 14.2 Å². The average molecular weight is 413 g/mol. The van der Waals surface area contributed by atoms with Gasteiger partial charge in [-0.15, -0.1) is 5.10 Å². The number of methoxy groups -OCH3 is 3. The summed E-state index contributed by atoms with van der Waals surface area (Å²) in [6.07, 6.45) is 1.62. The molecule has 3 rings (SSSR count). The topological polar surface area (TPSA) is 72.7 Å². The van der Waals surface area contributed by atoms with Gasteiger partial charge in [0.15, 0.2) is 16.7 Å². The highest BCUT2D eigenvalue weighted by atomic mass is 32.2. The summed E-state index contributed by atoms with van der Waals surface area (Å²) in [5.74, 6) is 2.06. The number of carbonyl (C=O) groups is 1. The Kier molecular flexibility index (Phi) is 6.77. The molecule has 0 bridgehead atoms. The average Bonchev–Trinajstić information content (AvgIpc) is 3.01. The van der Waals surface area contributed by atoms with E-state index in [1.54, 1.807) is 38.5 Å². The van der Waals surface area contributed by atoms with E-state index < -0.39 is 0 Å². The molecular weight excluding hydrogens is 390 g/mol. The minimum Gasteiger partial charge on any atom is -0.497 e. The van der Waals surface area contributed by atoms with Crippen molar-refractivity contribution in [1.82, 2.24) is 4.90 Å². The normalized spacial score (nSPS) is 17.9. The van der Waals surface area contributed by atoms with E-state index in [0.29, 0.717) is 23.2 Å². The molecule has 1 saturated heterocycles. The zero-order valence-corrected chi connectivity index (χ0v) is 17.6. The molecule has 0 unspecified atom stereocenters. The Morgan fingerprint density at radius 1 is 1.03 bits per heavy atom. The molecule has 1 fully saturated rings. The molecule has 2 aromatic rings. The highest BCUT2D eigenvalue weighted by Crippen LogP contribution is 2.29. The smallest absolute Gasteiger partial charge is 0.242 e. The van der Waals surface area contributed by atoms with Gasteiger partial charge in [0.1, 0.15) is 5.75 Å². The lowest BCUT2D eigenvalue weighted by Crippen LogP contribution is -2.30. The Morgan fingerprint density at radius 2 is 1.76 bits per heavy atom. The molecule has 0 aliphatic carbocycles. The van der Waals surface area contributed by atoms with Crippen molar-refractivity contribution in [3.63, 3.8) is 0 Å². The highest BCUT2D eigenvalue weighted by Gasteiger charge is 2.35. The first-order valence-electron chi connectivity index (χ1n) is 8.99. The fraction of sp³-hybridized carbons (Fsp3) is 0.286. The third kappa shape index (κ3) is 4.89. The van der Waals surface area contributed by atoms with Gasteiger partial charge in [0, 0.05) is 0 Å². The molecule has 0 N–H and O–H groups in total. The van der Waals surface area contributed by atoms with Gasteiger partial charge < -0.3 is 14.2 Å². The molecule has 8 heteroatoms. The molecule has 0 saturated carbocycles. The summed E-state index contributed by atoms with van der Waals surface area (Å²) in [4.78, 5) is 14.2. The third-order valence-corrected chi connectivity index (χ3v) is 5.45. The minimum absolute atomic E-state index is 0.0193. The Hall–Kier alpha value is -3.00. The summed E-state index contributed by atoms with van der Waals surface area (Å²) in [7, 11) is 4.79. The van der Waals surface area contributed by atoms with E-state index in [1.807, 2.05) is 43.3 Å². The Morgan fingerprint density at radius 3 is 2.41 bits per heavy atom.